The summed E-state index contributed by atoms with van der Waals surface area (Å²) in [5.41, 5.74) is 0. The second-order valence-corrected chi connectivity index (χ2v) is 7.15. The van der Waals surface area contributed by atoms with Crippen molar-refractivity contribution in [3.63, 3.8) is 0 Å². The summed E-state index contributed by atoms with van der Waals surface area (Å²) in [6.45, 7) is -0.199. The molecule has 164 valence electrons. The van der Waals surface area contributed by atoms with Gasteiger partial charge in [0.05, 0.1) is 0 Å². The van der Waals surface area contributed by atoms with E-state index in [-0.39, 0.29) is 32.0 Å². The van der Waals surface area contributed by atoms with Gasteiger partial charge in [-0.05, 0) is 12.1 Å². The minimum Gasteiger partial charge on any atom is -0.490 e. The highest BCUT2D eigenvalue weighted by Crippen LogP contribution is 2.36. The van der Waals surface area contributed by atoms with Gasteiger partial charge in [0, 0.05) is 41.7 Å². The van der Waals surface area contributed by atoms with Crippen LogP contribution in [0.1, 0.15) is 12.8 Å². The van der Waals surface area contributed by atoms with E-state index in [0.717, 1.165) is 15.7 Å². The van der Waals surface area contributed by atoms with E-state index in [4.69, 9.17) is 16.3 Å². The average Bonchev–Trinajstić information content (AvgIpc) is 2.67. The molecule has 0 radical (unpaired) electrons. The number of likely N-dealkylation sites (tertiary alicyclic amines) is 1. The normalized spacial score (nSPS) is 16.2. The molecular weight excluding hydrogens is 440 g/mol. The van der Waals surface area contributed by atoms with Gasteiger partial charge in [-0.15, -0.1) is 0 Å². The zero-order valence-electron chi connectivity index (χ0n) is 15.3. The molecule has 2 aromatic carbocycles. The van der Waals surface area contributed by atoms with E-state index in [2.05, 4.69) is 4.74 Å². The zero-order chi connectivity index (χ0) is 22.1. The molecular formula is C19H16ClF6NO3. The minimum absolute atomic E-state index is 0.0997. The minimum atomic E-state index is -5.75. The van der Waals surface area contributed by atoms with E-state index >= 15 is 0 Å². The zero-order valence-corrected chi connectivity index (χ0v) is 16.0. The number of alkyl halides is 6. The fourth-order valence-electron chi connectivity index (χ4n) is 3.17. The Morgan fingerprint density at radius 2 is 1.53 bits per heavy atom. The first-order valence-electron chi connectivity index (χ1n) is 8.89. The van der Waals surface area contributed by atoms with Crippen molar-refractivity contribution >= 4 is 28.5 Å². The van der Waals surface area contributed by atoms with Gasteiger partial charge in [0.25, 0.3) is 6.10 Å². The predicted molar refractivity (Wildman–Crippen MR) is 96.6 cm³/mol. The van der Waals surface area contributed by atoms with Gasteiger partial charge in [0.15, 0.2) is 0 Å². The topological polar surface area (TPSA) is 38.8 Å². The van der Waals surface area contributed by atoms with E-state index in [1.54, 1.807) is 12.1 Å². The van der Waals surface area contributed by atoms with Crippen LogP contribution in [0.4, 0.5) is 31.1 Å². The van der Waals surface area contributed by atoms with Crippen molar-refractivity contribution in [2.24, 2.45) is 0 Å². The fraction of sp³-hybridized carbons (Fsp3) is 0.421. The summed E-state index contributed by atoms with van der Waals surface area (Å²) in [4.78, 5) is 12.6. The lowest BCUT2D eigenvalue weighted by molar-refractivity contribution is -0.308. The Labute approximate surface area is 172 Å². The Kier molecular flexibility index (Phi) is 6.26. The monoisotopic (exact) mass is 455 g/mol. The van der Waals surface area contributed by atoms with Gasteiger partial charge >= 0.3 is 18.4 Å². The quantitative estimate of drug-likeness (QED) is 0.536. The Balaban J connectivity index is 1.61. The van der Waals surface area contributed by atoms with Gasteiger partial charge in [0.2, 0.25) is 0 Å². The molecule has 1 heterocycles. The third-order valence-electron chi connectivity index (χ3n) is 4.64. The predicted octanol–water partition coefficient (Wildman–Crippen LogP) is 5.97. The van der Waals surface area contributed by atoms with Gasteiger partial charge in [-0.2, -0.15) is 26.3 Å². The summed E-state index contributed by atoms with van der Waals surface area (Å²) in [5.74, 6) is 0.547. The van der Waals surface area contributed by atoms with Crippen molar-refractivity contribution in [3.8, 4) is 5.75 Å². The van der Waals surface area contributed by atoms with Crippen LogP contribution >= 0.6 is 11.6 Å². The number of fused-ring (bicyclic) bond motifs is 1. The van der Waals surface area contributed by atoms with Crippen LogP contribution in [0, 0.1) is 0 Å². The summed E-state index contributed by atoms with van der Waals surface area (Å²) >= 11 is 6.16. The van der Waals surface area contributed by atoms with Crippen LogP contribution in [0.5, 0.6) is 5.75 Å². The Morgan fingerprint density at radius 3 is 2.10 bits per heavy atom. The van der Waals surface area contributed by atoms with E-state index in [9.17, 15) is 31.1 Å². The fourth-order valence-corrected chi connectivity index (χ4v) is 3.40. The lowest BCUT2D eigenvalue weighted by Crippen LogP contribution is -2.50. The van der Waals surface area contributed by atoms with Gasteiger partial charge in [0.1, 0.15) is 11.9 Å². The number of nitrogens with zero attached hydrogens (tertiary/aromatic N) is 1. The first-order chi connectivity index (χ1) is 14.0. The Hall–Kier alpha value is -2.36. The number of ether oxygens (including phenoxy) is 2. The molecule has 1 aliphatic rings. The molecule has 4 nitrogen and oxygen atoms in total. The van der Waals surface area contributed by atoms with Crippen LogP contribution < -0.4 is 4.74 Å². The van der Waals surface area contributed by atoms with Crippen LogP contribution in [-0.4, -0.2) is 48.6 Å². The number of piperidine rings is 1. The number of benzene rings is 2. The number of hydrogen-bond acceptors (Lipinski definition) is 3. The van der Waals surface area contributed by atoms with Gasteiger partial charge in [-0.3, -0.25) is 0 Å². The Morgan fingerprint density at radius 1 is 0.967 bits per heavy atom. The summed E-state index contributed by atoms with van der Waals surface area (Å²) in [6.07, 6.45) is -17.3. The average molecular weight is 456 g/mol. The van der Waals surface area contributed by atoms with E-state index in [1.807, 2.05) is 24.3 Å². The molecule has 1 saturated heterocycles. The van der Waals surface area contributed by atoms with Crippen molar-refractivity contribution in [1.82, 2.24) is 4.90 Å². The number of amides is 1. The second-order valence-electron chi connectivity index (χ2n) is 6.74. The molecule has 3 rings (SSSR count). The Bertz CT molecular complexity index is 895. The largest absolute Gasteiger partial charge is 0.490 e. The smallest absolute Gasteiger partial charge is 0.434 e. The summed E-state index contributed by atoms with van der Waals surface area (Å²) in [6, 6.07) is 10.6. The number of hydrogen-bond donors (Lipinski definition) is 0. The van der Waals surface area contributed by atoms with Gasteiger partial charge in [-0.25, -0.2) is 4.79 Å². The molecule has 0 saturated carbocycles. The standard InChI is InChI=1S/C19H16ClF6NO3/c20-14-5-6-15(13-4-2-1-3-12(13)14)29-11-7-9-27(10-8-11)17(28)30-16(18(21,22)23)19(24,25)26/h1-6,11,16H,7-10H2. The molecule has 0 aliphatic carbocycles. The van der Waals surface area contributed by atoms with Crippen molar-refractivity contribution in [1.29, 1.82) is 0 Å². The van der Waals surface area contributed by atoms with Gasteiger partial charge < -0.3 is 14.4 Å². The molecule has 0 atom stereocenters. The molecule has 30 heavy (non-hydrogen) atoms. The van der Waals surface area contributed by atoms with Crippen LogP contribution in [0.3, 0.4) is 0 Å². The van der Waals surface area contributed by atoms with Crippen molar-refractivity contribution in [3.05, 3.63) is 41.4 Å². The molecule has 11 heteroatoms. The molecule has 1 fully saturated rings. The third-order valence-corrected chi connectivity index (χ3v) is 4.97. The molecule has 0 N–H and O–H groups in total. The highest BCUT2D eigenvalue weighted by Gasteiger charge is 2.60. The molecule has 1 aliphatic heterocycles. The maximum absolute atomic E-state index is 12.6. The number of carbonyl (C=O) groups excluding carboxylic acids is 1. The van der Waals surface area contributed by atoms with Gasteiger partial charge in [-0.1, -0.05) is 35.9 Å². The molecule has 0 aromatic heterocycles. The van der Waals surface area contributed by atoms with Crippen LogP contribution in [0.2, 0.25) is 5.02 Å². The third kappa shape index (κ3) is 5.03. The summed E-state index contributed by atoms with van der Waals surface area (Å²) in [5, 5.41) is 2.09. The molecule has 2 aromatic rings. The number of carbonyl (C=O) groups is 1. The maximum Gasteiger partial charge on any atom is 0.434 e. The van der Waals surface area contributed by atoms with E-state index < -0.39 is 24.5 Å². The lowest BCUT2D eigenvalue weighted by atomic mass is 10.1. The van der Waals surface area contributed by atoms with E-state index in [1.165, 1.54) is 0 Å². The van der Waals surface area contributed by atoms with Crippen molar-refractivity contribution < 1.29 is 40.6 Å². The maximum atomic E-state index is 12.6. The molecule has 0 bridgehead atoms. The second kappa shape index (κ2) is 8.41. The highest BCUT2D eigenvalue weighted by atomic mass is 35.5. The number of rotatable bonds is 3. The first-order valence-corrected chi connectivity index (χ1v) is 9.27. The van der Waals surface area contributed by atoms with Crippen molar-refractivity contribution in [2.75, 3.05) is 13.1 Å². The van der Waals surface area contributed by atoms with Crippen LogP contribution in [0.25, 0.3) is 10.8 Å². The van der Waals surface area contributed by atoms with E-state index in [0.29, 0.717) is 10.8 Å². The molecule has 1 amide bonds. The highest BCUT2D eigenvalue weighted by molar-refractivity contribution is 6.35. The summed E-state index contributed by atoms with van der Waals surface area (Å²) < 4.78 is 85.0. The lowest BCUT2D eigenvalue weighted by Gasteiger charge is -2.33. The van der Waals surface area contributed by atoms with Crippen molar-refractivity contribution in [2.45, 2.75) is 37.4 Å². The van der Waals surface area contributed by atoms with Crippen LogP contribution in [-0.2, 0) is 4.74 Å². The molecule has 0 unspecified atom stereocenters. The molecule has 0 spiro atoms. The first kappa shape index (κ1) is 22.3. The SMILES string of the molecule is O=C(OC(C(F)(F)F)C(F)(F)F)N1CCC(Oc2ccc(Cl)c3ccccc23)CC1. The summed E-state index contributed by atoms with van der Waals surface area (Å²) in [7, 11) is 0. The number of halogens is 7. The van der Waals surface area contributed by atoms with Crippen LogP contribution in [0.15, 0.2) is 36.4 Å².